The summed E-state index contributed by atoms with van der Waals surface area (Å²) in [5.41, 5.74) is 7.48. The summed E-state index contributed by atoms with van der Waals surface area (Å²) in [6.07, 6.45) is 3.75. The summed E-state index contributed by atoms with van der Waals surface area (Å²) in [5.74, 6) is 1.74. The second-order valence-corrected chi connectivity index (χ2v) is 6.24. The van der Waals surface area contributed by atoms with Crippen molar-refractivity contribution in [2.75, 3.05) is 19.8 Å². The molecule has 3 unspecified atom stereocenters. The van der Waals surface area contributed by atoms with Crippen molar-refractivity contribution in [3.63, 3.8) is 0 Å². The van der Waals surface area contributed by atoms with Crippen LogP contribution in [0.5, 0.6) is 11.5 Å². The smallest absolute Gasteiger partial charge is 0.161 e. The van der Waals surface area contributed by atoms with Crippen molar-refractivity contribution in [3.8, 4) is 11.5 Å². The number of hydrogen-bond acceptors (Lipinski definition) is 4. The number of likely N-dealkylation sites (tertiary alicyclic amines) is 1. The molecule has 0 aromatic heterocycles. The van der Waals surface area contributed by atoms with E-state index < -0.39 is 0 Å². The molecule has 0 aliphatic carbocycles. The van der Waals surface area contributed by atoms with Gasteiger partial charge in [-0.3, -0.25) is 4.90 Å². The van der Waals surface area contributed by atoms with Crippen LogP contribution in [-0.2, 0) is 0 Å². The second-order valence-electron chi connectivity index (χ2n) is 6.24. The van der Waals surface area contributed by atoms with Crippen LogP contribution in [0.2, 0.25) is 0 Å². The fourth-order valence-corrected chi connectivity index (χ4v) is 3.54. The van der Waals surface area contributed by atoms with Crippen molar-refractivity contribution in [1.82, 2.24) is 4.90 Å². The van der Waals surface area contributed by atoms with Gasteiger partial charge in [0.2, 0.25) is 0 Å². The highest BCUT2D eigenvalue weighted by Crippen LogP contribution is 2.36. The van der Waals surface area contributed by atoms with Crippen LogP contribution in [0, 0.1) is 0 Å². The molecule has 1 saturated heterocycles. The van der Waals surface area contributed by atoms with E-state index in [-0.39, 0.29) is 6.04 Å². The Balaban J connectivity index is 1.81. The summed E-state index contributed by atoms with van der Waals surface area (Å²) in [4.78, 5) is 2.56. The third-order valence-corrected chi connectivity index (χ3v) is 4.75. The third-order valence-electron chi connectivity index (χ3n) is 4.75. The highest BCUT2D eigenvalue weighted by molar-refractivity contribution is 5.44. The average molecular weight is 290 g/mol. The molecule has 2 aliphatic heterocycles. The lowest BCUT2D eigenvalue weighted by atomic mass is 9.93. The van der Waals surface area contributed by atoms with Gasteiger partial charge in [0, 0.05) is 18.1 Å². The summed E-state index contributed by atoms with van der Waals surface area (Å²) in [6, 6.07) is 7.37. The first-order chi connectivity index (χ1) is 10.2. The van der Waals surface area contributed by atoms with E-state index >= 15 is 0 Å². The SMILES string of the molecule is CC(N)C1CCCCN1C(C)c1ccc2c(c1)OCCO2. The lowest BCUT2D eigenvalue weighted by molar-refractivity contribution is 0.0886. The van der Waals surface area contributed by atoms with Gasteiger partial charge in [-0.2, -0.15) is 0 Å². The first-order valence-electron chi connectivity index (χ1n) is 8.07. The summed E-state index contributed by atoms with van der Waals surface area (Å²) in [5, 5.41) is 0. The number of fused-ring (bicyclic) bond motifs is 1. The van der Waals surface area contributed by atoms with Gasteiger partial charge >= 0.3 is 0 Å². The van der Waals surface area contributed by atoms with Crippen LogP contribution >= 0.6 is 0 Å². The van der Waals surface area contributed by atoms with Gasteiger partial charge < -0.3 is 15.2 Å². The molecular formula is C17H26N2O2. The minimum absolute atomic E-state index is 0.213. The van der Waals surface area contributed by atoms with Crippen molar-refractivity contribution in [3.05, 3.63) is 23.8 Å². The molecular weight excluding hydrogens is 264 g/mol. The van der Waals surface area contributed by atoms with E-state index in [9.17, 15) is 0 Å². The van der Waals surface area contributed by atoms with Crippen LogP contribution in [-0.4, -0.2) is 36.7 Å². The Morgan fingerprint density at radius 1 is 1.14 bits per heavy atom. The molecule has 21 heavy (non-hydrogen) atoms. The van der Waals surface area contributed by atoms with E-state index in [0.717, 1.165) is 18.0 Å². The van der Waals surface area contributed by atoms with Crippen molar-refractivity contribution in [2.45, 2.75) is 51.2 Å². The number of nitrogens with zero attached hydrogens (tertiary/aromatic N) is 1. The molecule has 0 spiro atoms. The molecule has 0 saturated carbocycles. The van der Waals surface area contributed by atoms with Gasteiger partial charge in [-0.1, -0.05) is 12.5 Å². The zero-order valence-electron chi connectivity index (χ0n) is 13.0. The number of ether oxygens (including phenoxy) is 2. The van der Waals surface area contributed by atoms with Crippen LogP contribution < -0.4 is 15.2 Å². The molecule has 1 aromatic carbocycles. The van der Waals surface area contributed by atoms with Gasteiger partial charge in [0.05, 0.1) is 0 Å². The minimum Gasteiger partial charge on any atom is -0.486 e. The van der Waals surface area contributed by atoms with Crippen LogP contribution in [0.4, 0.5) is 0 Å². The zero-order chi connectivity index (χ0) is 14.8. The molecule has 1 aromatic rings. The van der Waals surface area contributed by atoms with E-state index in [1.807, 2.05) is 6.07 Å². The van der Waals surface area contributed by atoms with E-state index in [1.165, 1.54) is 24.8 Å². The molecule has 1 fully saturated rings. The zero-order valence-corrected chi connectivity index (χ0v) is 13.0. The maximum atomic E-state index is 6.20. The maximum absolute atomic E-state index is 6.20. The topological polar surface area (TPSA) is 47.7 Å². The number of rotatable bonds is 3. The van der Waals surface area contributed by atoms with Crippen molar-refractivity contribution in [2.24, 2.45) is 5.73 Å². The Hall–Kier alpha value is -1.26. The molecule has 3 atom stereocenters. The van der Waals surface area contributed by atoms with Crippen LogP contribution in [0.25, 0.3) is 0 Å². The van der Waals surface area contributed by atoms with Gasteiger partial charge in [-0.25, -0.2) is 0 Å². The fraction of sp³-hybridized carbons (Fsp3) is 0.647. The van der Waals surface area contributed by atoms with Crippen molar-refractivity contribution < 1.29 is 9.47 Å². The lowest BCUT2D eigenvalue weighted by Crippen LogP contribution is -2.49. The predicted molar refractivity (Wildman–Crippen MR) is 83.8 cm³/mol. The number of hydrogen-bond donors (Lipinski definition) is 1. The first-order valence-corrected chi connectivity index (χ1v) is 8.07. The molecule has 2 aliphatic rings. The van der Waals surface area contributed by atoms with E-state index in [0.29, 0.717) is 25.3 Å². The predicted octanol–water partition coefficient (Wildman–Crippen LogP) is 2.72. The molecule has 2 N–H and O–H groups in total. The molecule has 2 heterocycles. The van der Waals surface area contributed by atoms with Crippen molar-refractivity contribution >= 4 is 0 Å². The Labute approximate surface area is 127 Å². The highest BCUT2D eigenvalue weighted by atomic mass is 16.6. The standard InChI is InChI=1S/C17H26N2O2/c1-12(18)15-5-3-4-8-19(15)13(2)14-6-7-16-17(11-14)21-10-9-20-16/h6-7,11-13,15H,3-5,8-10,18H2,1-2H3. The largest absolute Gasteiger partial charge is 0.486 e. The Bertz CT molecular complexity index is 490. The second kappa shape index (κ2) is 6.24. The van der Waals surface area contributed by atoms with Crippen LogP contribution in [0.15, 0.2) is 18.2 Å². The molecule has 4 nitrogen and oxygen atoms in total. The van der Waals surface area contributed by atoms with Gasteiger partial charge in [0.1, 0.15) is 13.2 Å². The average Bonchev–Trinajstić information content (AvgIpc) is 2.53. The van der Waals surface area contributed by atoms with Crippen molar-refractivity contribution in [1.29, 1.82) is 0 Å². The number of piperidine rings is 1. The molecule has 116 valence electrons. The van der Waals surface area contributed by atoms with E-state index in [1.54, 1.807) is 0 Å². The van der Waals surface area contributed by atoms with Gasteiger partial charge in [0.25, 0.3) is 0 Å². The number of benzene rings is 1. The molecule has 0 radical (unpaired) electrons. The minimum atomic E-state index is 0.213. The van der Waals surface area contributed by atoms with Gasteiger partial charge in [0.15, 0.2) is 11.5 Å². The monoisotopic (exact) mass is 290 g/mol. The molecule has 3 rings (SSSR count). The summed E-state index contributed by atoms with van der Waals surface area (Å²) >= 11 is 0. The maximum Gasteiger partial charge on any atom is 0.161 e. The quantitative estimate of drug-likeness (QED) is 0.930. The molecule has 4 heteroatoms. The summed E-state index contributed by atoms with van der Waals surface area (Å²) in [6.45, 7) is 6.80. The summed E-state index contributed by atoms with van der Waals surface area (Å²) in [7, 11) is 0. The number of nitrogens with two attached hydrogens (primary N) is 1. The Morgan fingerprint density at radius 2 is 1.90 bits per heavy atom. The van der Waals surface area contributed by atoms with E-state index in [4.69, 9.17) is 15.2 Å². The molecule has 0 amide bonds. The molecule has 0 bridgehead atoms. The van der Waals surface area contributed by atoms with E-state index in [2.05, 4.69) is 30.9 Å². The van der Waals surface area contributed by atoms with Gasteiger partial charge in [-0.15, -0.1) is 0 Å². The Kier molecular flexibility index (Phi) is 4.36. The van der Waals surface area contributed by atoms with Gasteiger partial charge in [-0.05, 0) is 50.9 Å². The fourth-order valence-electron chi connectivity index (χ4n) is 3.54. The normalized spacial score (nSPS) is 25.4. The first kappa shape index (κ1) is 14.7. The lowest BCUT2D eigenvalue weighted by Gasteiger charge is -2.42. The van der Waals surface area contributed by atoms with Crippen LogP contribution in [0.1, 0.15) is 44.7 Å². The summed E-state index contributed by atoms with van der Waals surface area (Å²) < 4.78 is 11.3. The Morgan fingerprint density at radius 3 is 2.67 bits per heavy atom. The van der Waals surface area contributed by atoms with Crippen LogP contribution in [0.3, 0.4) is 0 Å². The highest BCUT2D eigenvalue weighted by Gasteiger charge is 2.30. The third kappa shape index (κ3) is 3.01.